The van der Waals surface area contributed by atoms with Crippen LogP contribution in [0.2, 0.25) is 0 Å². The highest BCUT2D eigenvalue weighted by Gasteiger charge is 2.20. The first-order valence-corrected chi connectivity index (χ1v) is 10.6. The molecule has 0 saturated heterocycles. The molecule has 0 aliphatic carbocycles. The van der Waals surface area contributed by atoms with Crippen molar-refractivity contribution in [2.75, 3.05) is 18.0 Å². The van der Waals surface area contributed by atoms with Crippen molar-refractivity contribution < 1.29 is 13.2 Å². The molecule has 0 fully saturated rings. The molecule has 0 unspecified atom stereocenters. The Balaban J connectivity index is 2.19. The minimum Gasteiger partial charge on any atom is -0.311 e. The molecule has 2 aromatic rings. The minimum absolute atomic E-state index is 0.110. The lowest BCUT2D eigenvalue weighted by atomic mass is 9.97. The van der Waals surface area contributed by atoms with Crippen molar-refractivity contribution >= 4 is 21.6 Å². The maximum absolute atomic E-state index is 12.5. The molecule has 6 heteroatoms. The summed E-state index contributed by atoms with van der Waals surface area (Å²) >= 11 is 0. The molecule has 1 N–H and O–H groups in total. The van der Waals surface area contributed by atoms with E-state index in [2.05, 4.69) is 18.6 Å². The molecular weight excluding hydrogens is 360 g/mol. The third-order valence-corrected chi connectivity index (χ3v) is 5.98. The van der Waals surface area contributed by atoms with Gasteiger partial charge in [0.25, 0.3) is 0 Å². The Kier molecular flexibility index (Phi) is 6.78. The number of rotatable bonds is 7. The maximum atomic E-state index is 12.5. The molecule has 0 aromatic heterocycles. The zero-order valence-corrected chi connectivity index (χ0v) is 17.4. The van der Waals surface area contributed by atoms with E-state index in [1.54, 1.807) is 29.2 Å². The van der Waals surface area contributed by atoms with Crippen LogP contribution in [-0.2, 0) is 14.8 Å². The fraction of sp³-hybridized carbons (Fsp3) is 0.381. The minimum atomic E-state index is -3.61. The first kappa shape index (κ1) is 21.1. The van der Waals surface area contributed by atoms with E-state index in [0.29, 0.717) is 0 Å². The molecule has 146 valence electrons. The monoisotopic (exact) mass is 388 g/mol. The number of hydrogen-bond donors (Lipinski definition) is 1. The van der Waals surface area contributed by atoms with E-state index in [0.717, 1.165) is 22.4 Å². The van der Waals surface area contributed by atoms with E-state index in [1.807, 2.05) is 32.0 Å². The van der Waals surface area contributed by atoms with Crippen molar-refractivity contribution in [1.82, 2.24) is 4.72 Å². The number of carbonyl (C=O) groups excluding carboxylic acids is 1. The maximum Gasteiger partial charge on any atom is 0.240 e. The van der Waals surface area contributed by atoms with Gasteiger partial charge in [0.2, 0.25) is 15.9 Å². The molecule has 0 radical (unpaired) electrons. The van der Waals surface area contributed by atoms with Gasteiger partial charge >= 0.3 is 0 Å². The fourth-order valence-corrected chi connectivity index (χ4v) is 4.06. The number of hydrogen-bond acceptors (Lipinski definition) is 3. The van der Waals surface area contributed by atoms with Gasteiger partial charge in [-0.3, -0.25) is 4.79 Å². The molecule has 0 aliphatic rings. The van der Waals surface area contributed by atoms with Crippen LogP contribution in [0.15, 0.2) is 47.4 Å². The average Bonchev–Trinajstić information content (AvgIpc) is 2.59. The van der Waals surface area contributed by atoms with Crippen LogP contribution >= 0.6 is 0 Å². The second-order valence-electron chi connectivity index (χ2n) is 7.05. The molecule has 0 heterocycles. The second kappa shape index (κ2) is 8.67. The molecule has 2 aromatic carbocycles. The van der Waals surface area contributed by atoms with E-state index in [1.165, 1.54) is 6.92 Å². The summed E-state index contributed by atoms with van der Waals surface area (Å²) in [6.07, 6.45) is 0. The fourth-order valence-electron chi connectivity index (χ4n) is 3.04. The lowest BCUT2D eigenvalue weighted by Crippen LogP contribution is -2.38. The van der Waals surface area contributed by atoms with E-state index >= 15 is 0 Å². The molecule has 5 nitrogen and oxygen atoms in total. The first-order chi connectivity index (χ1) is 12.6. The Morgan fingerprint density at radius 2 is 1.70 bits per heavy atom. The Morgan fingerprint density at radius 3 is 2.26 bits per heavy atom. The van der Waals surface area contributed by atoms with Crippen molar-refractivity contribution in [1.29, 1.82) is 0 Å². The summed E-state index contributed by atoms with van der Waals surface area (Å²) < 4.78 is 27.5. The molecule has 27 heavy (non-hydrogen) atoms. The van der Waals surface area contributed by atoms with Crippen LogP contribution in [-0.4, -0.2) is 27.4 Å². The van der Waals surface area contributed by atoms with E-state index in [4.69, 9.17) is 0 Å². The van der Waals surface area contributed by atoms with Gasteiger partial charge in [-0.15, -0.1) is 0 Å². The van der Waals surface area contributed by atoms with Gasteiger partial charge in [0.1, 0.15) is 0 Å². The number of amides is 1. The molecule has 2 rings (SSSR count). The number of anilines is 1. The largest absolute Gasteiger partial charge is 0.311 e. The summed E-state index contributed by atoms with van der Waals surface area (Å²) in [5, 5.41) is 0. The number of benzene rings is 2. The highest BCUT2D eigenvalue weighted by Crippen LogP contribution is 2.31. The molecule has 0 atom stereocenters. The van der Waals surface area contributed by atoms with Crippen molar-refractivity contribution in [3.05, 3.63) is 59.2 Å². The Labute approximate surface area is 162 Å². The zero-order chi connectivity index (χ0) is 20.2. The van der Waals surface area contributed by atoms with Crippen LogP contribution in [0.3, 0.4) is 0 Å². The van der Waals surface area contributed by atoms with Gasteiger partial charge in [-0.1, -0.05) is 49.7 Å². The highest BCUT2D eigenvalue weighted by molar-refractivity contribution is 7.89. The zero-order valence-electron chi connectivity index (χ0n) is 16.6. The van der Waals surface area contributed by atoms with E-state index in [9.17, 15) is 13.2 Å². The average molecular weight is 389 g/mol. The normalized spacial score (nSPS) is 11.6. The summed E-state index contributed by atoms with van der Waals surface area (Å²) in [7, 11) is -3.61. The Hall–Kier alpha value is -2.18. The highest BCUT2D eigenvalue weighted by atomic mass is 32.2. The van der Waals surface area contributed by atoms with E-state index < -0.39 is 10.0 Å². The third-order valence-electron chi connectivity index (χ3n) is 4.50. The summed E-state index contributed by atoms with van der Waals surface area (Å²) in [5.74, 6) is 0.145. The smallest absolute Gasteiger partial charge is 0.240 e. The summed E-state index contributed by atoms with van der Waals surface area (Å²) in [5.41, 5.74) is 3.94. The van der Waals surface area contributed by atoms with Crippen molar-refractivity contribution in [3.63, 3.8) is 0 Å². The van der Waals surface area contributed by atoms with Crippen LogP contribution < -0.4 is 9.62 Å². The van der Waals surface area contributed by atoms with Gasteiger partial charge in [0, 0.05) is 20.0 Å². The van der Waals surface area contributed by atoms with Crippen LogP contribution in [0, 0.1) is 13.8 Å². The number of sulfonamides is 1. The number of nitrogens with zero attached hydrogens (tertiary/aromatic N) is 1. The van der Waals surface area contributed by atoms with Crippen LogP contribution in [0.1, 0.15) is 43.4 Å². The molecule has 0 bridgehead atoms. The number of carbonyl (C=O) groups is 1. The number of nitrogens with one attached hydrogen (secondary N) is 1. The van der Waals surface area contributed by atoms with Crippen LogP contribution in [0.4, 0.5) is 5.69 Å². The topological polar surface area (TPSA) is 66.5 Å². The lowest BCUT2D eigenvalue weighted by molar-refractivity contribution is -0.116. The lowest BCUT2D eigenvalue weighted by Gasteiger charge is -2.27. The van der Waals surface area contributed by atoms with Crippen molar-refractivity contribution in [3.8, 4) is 0 Å². The molecule has 0 spiro atoms. The quantitative estimate of drug-likeness (QED) is 0.785. The standard InChI is InChI=1S/C21H28N2O3S/c1-15(2)20-8-6-7-17(4)21(20)23(18(5)24)14-13-22-27(25,26)19-11-9-16(3)10-12-19/h6-12,15,22H,13-14H2,1-5H3. The first-order valence-electron chi connectivity index (χ1n) is 9.07. The van der Waals surface area contributed by atoms with Gasteiger partial charge in [-0.25, -0.2) is 13.1 Å². The number of aryl methyl sites for hydroxylation is 2. The third kappa shape index (κ3) is 5.17. The molecule has 0 aliphatic heterocycles. The Morgan fingerprint density at radius 1 is 1.07 bits per heavy atom. The van der Waals surface area contributed by atoms with Crippen LogP contribution in [0.25, 0.3) is 0 Å². The predicted octanol–water partition coefficient (Wildman–Crippen LogP) is 3.76. The SMILES string of the molecule is CC(=O)N(CCNS(=O)(=O)c1ccc(C)cc1)c1c(C)cccc1C(C)C. The predicted molar refractivity (Wildman–Crippen MR) is 110 cm³/mol. The van der Waals surface area contributed by atoms with E-state index in [-0.39, 0.29) is 29.8 Å². The van der Waals surface area contributed by atoms with Crippen molar-refractivity contribution in [2.24, 2.45) is 0 Å². The van der Waals surface area contributed by atoms with Gasteiger partial charge < -0.3 is 4.90 Å². The number of para-hydroxylation sites is 1. The molecule has 1 amide bonds. The summed E-state index contributed by atoms with van der Waals surface area (Å²) in [4.78, 5) is 14.2. The molecule has 0 saturated carbocycles. The Bertz CT molecular complexity index is 904. The van der Waals surface area contributed by atoms with Crippen molar-refractivity contribution in [2.45, 2.75) is 45.4 Å². The van der Waals surface area contributed by atoms with Gasteiger partial charge in [0.05, 0.1) is 10.6 Å². The van der Waals surface area contributed by atoms with Gasteiger partial charge in [-0.2, -0.15) is 0 Å². The van der Waals surface area contributed by atoms with Crippen LogP contribution in [0.5, 0.6) is 0 Å². The molecular formula is C21H28N2O3S. The summed E-state index contributed by atoms with van der Waals surface area (Å²) in [6.45, 7) is 9.95. The van der Waals surface area contributed by atoms with Gasteiger partial charge in [-0.05, 0) is 43.0 Å². The second-order valence-corrected chi connectivity index (χ2v) is 8.82. The summed E-state index contributed by atoms with van der Waals surface area (Å²) in [6, 6.07) is 12.6. The van der Waals surface area contributed by atoms with Gasteiger partial charge in [0.15, 0.2) is 0 Å².